The van der Waals surface area contributed by atoms with Gasteiger partial charge >= 0.3 is 0 Å². The van der Waals surface area contributed by atoms with Gasteiger partial charge in [-0.2, -0.15) is 0 Å². The Morgan fingerprint density at radius 3 is 1.50 bits per heavy atom. The molecule has 0 aliphatic carbocycles. The van der Waals surface area contributed by atoms with Gasteiger partial charge in [-0.3, -0.25) is 13.4 Å². The number of benzene rings is 2. The first-order valence-electron chi connectivity index (χ1n) is 7.34. The molecule has 1 heterocycles. The van der Waals surface area contributed by atoms with Gasteiger partial charge in [0.05, 0.1) is 0 Å². The van der Waals surface area contributed by atoms with Gasteiger partial charge in [0.1, 0.15) is 0 Å². The van der Waals surface area contributed by atoms with Crippen molar-refractivity contribution in [1.29, 1.82) is 0 Å². The van der Waals surface area contributed by atoms with Crippen molar-refractivity contribution in [3.63, 3.8) is 0 Å². The van der Waals surface area contributed by atoms with Crippen LogP contribution in [0.3, 0.4) is 0 Å². The van der Waals surface area contributed by atoms with E-state index in [0.29, 0.717) is 22.9 Å². The third kappa shape index (κ3) is 2.99. The van der Waals surface area contributed by atoms with E-state index in [1.54, 1.807) is 24.3 Å². The second kappa shape index (κ2) is 5.49. The molecule has 2 aromatic carbocycles. The Labute approximate surface area is 131 Å². The highest BCUT2D eigenvalue weighted by molar-refractivity contribution is 7.80. The zero-order chi connectivity index (χ0) is 15.8. The second-order valence-corrected chi connectivity index (χ2v) is 11.6. The van der Waals surface area contributed by atoms with E-state index in [4.69, 9.17) is 4.31 Å². The highest BCUT2D eigenvalue weighted by Crippen LogP contribution is 2.70. The molecule has 2 aromatic rings. The molecule has 2 unspecified atom stereocenters. The van der Waals surface area contributed by atoms with Gasteiger partial charge in [-0.25, -0.2) is 0 Å². The summed E-state index contributed by atoms with van der Waals surface area (Å²) in [4.78, 5) is 0. The van der Waals surface area contributed by atoms with Crippen LogP contribution in [0.25, 0.3) is 0 Å². The summed E-state index contributed by atoms with van der Waals surface area (Å²) in [5.74, 6) is 0. The predicted octanol–water partition coefficient (Wildman–Crippen LogP) is 4.25. The van der Waals surface area contributed by atoms with Crippen molar-refractivity contribution in [2.45, 2.75) is 13.8 Å². The number of hydrogen-bond acceptors (Lipinski definition) is 3. The Bertz CT molecular complexity index is 690. The van der Waals surface area contributed by atoms with Gasteiger partial charge in [-0.15, -0.1) is 0 Å². The molecule has 0 amide bonds. The molecular formula is C17H20O3P2. The van der Waals surface area contributed by atoms with E-state index in [9.17, 15) is 9.13 Å². The molecule has 1 saturated heterocycles. The molecule has 0 spiro atoms. The minimum absolute atomic E-state index is 0.297. The van der Waals surface area contributed by atoms with Gasteiger partial charge in [0.2, 0.25) is 14.7 Å². The van der Waals surface area contributed by atoms with Gasteiger partial charge < -0.3 is 0 Å². The molecule has 116 valence electrons. The Balaban J connectivity index is 2.09. The van der Waals surface area contributed by atoms with Gasteiger partial charge in [0.25, 0.3) is 0 Å². The van der Waals surface area contributed by atoms with Crippen LogP contribution >= 0.6 is 14.7 Å². The SMILES string of the molecule is CC1(C)CP(=O)(c2ccccc2)OP(=O)(c2ccccc2)C1. The first kappa shape index (κ1) is 15.7. The van der Waals surface area contributed by atoms with E-state index in [1.807, 2.05) is 50.2 Å². The summed E-state index contributed by atoms with van der Waals surface area (Å²) in [5.41, 5.74) is -0.297. The zero-order valence-corrected chi connectivity index (χ0v) is 14.6. The lowest BCUT2D eigenvalue weighted by molar-refractivity contribution is 0.383. The molecule has 1 aliphatic heterocycles. The van der Waals surface area contributed by atoms with Crippen molar-refractivity contribution in [3.05, 3.63) is 60.7 Å². The summed E-state index contributed by atoms with van der Waals surface area (Å²) in [6.07, 6.45) is 0.835. The van der Waals surface area contributed by atoms with Gasteiger partial charge in [-0.05, 0) is 29.7 Å². The van der Waals surface area contributed by atoms with Crippen molar-refractivity contribution in [3.8, 4) is 0 Å². The van der Waals surface area contributed by atoms with Crippen LogP contribution < -0.4 is 10.6 Å². The summed E-state index contributed by atoms with van der Waals surface area (Å²) in [5, 5.41) is 1.30. The van der Waals surface area contributed by atoms with Crippen LogP contribution in [0.5, 0.6) is 0 Å². The Kier molecular flexibility index (Phi) is 3.93. The number of rotatable bonds is 2. The van der Waals surface area contributed by atoms with Crippen LogP contribution in [0.2, 0.25) is 0 Å². The summed E-state index contributed by atoms with van der Waals surface area (Å²) < 4.78 is 32.8. The molecule has 3 rings (SSSR count). The average molecular weight is 334 g/mol. The summed E-state index contributed by atoms with van der Waals surface area (Å²) in [6.45, 7) is 4.03. The lowest BCUT2D eigenvalue weighted by atomic mass is 10.00. The first-order valence-corrected chi connectivity index (χ1v) is 11.0. The third-order valence-electron chi connectivity index (χ3n) is 3.84. The minimum atomic E-state index is -3.14. The second-order valence-electron chi connectivity index (χ2n) is 6.58. The summed E-state index contributed by atoms with van der Waals surface area (Å²) >= 11 is 0. The largest absolute Gasteiger partial charge is 0.287 e. The molecule has 5 heteroatoms. The molecule has 1 fully saturated rings. The van der Waals surface area contributed by atoms with E-state index in [2.05, 4.69) is 0 Å². The van der Waals surface area contributed by atoms with Crippen LogP contribution in [0, 0.1) is 5.41 Å². The molecular weight excluding hydrogens is 314 g/mol. The average Bonchev–Trinajstić information content (AvgIpc) is 2.47. The molecule has 1 aliphatic rings. The van der Waals surface area contributed by atoms with Gasteiger partial charge in [-0.1, -0.05) is 50.2 Å². The Hall–Kier alpha value is -1.14. The van der Waals surface area contributed by atoms with E-state index < -0.39 is 14.7 Å². The summed E-state index contributed by atoms with van der Waals surface area (Å²) in [6, 6.07) is 18.3. The molecule has 0 saturated carbocycles. The Morgan fingerprint density at radius 2 is 1.14 bits per heavy atom. The van der Waals surface area contributed by atoms with E-state index in [0.717, 1.165) is 0 Å². The van der Waals surface area contributed by atoms with Gasteiger partial charge in [0, 0.05) is 22.9 Å². The van der Waals surface area contributed by atoms with E-state index in [-0.39, 0.29) is 5.41 Å². The van der Waals surface area contributed by atoms with Crippen molar-refractivity contribution < 1.29 is 13.4 Å². The maximum Gasteiger partial charge on any atom is 0.238 e. The minimum Gasteiger partial charge on any atom is -0.287 e. The molecule has 3 nitrogen and oxygen atoms in total. The monoisotopic (exact) mass is 334 g/mol. The van der Waals surface area contributed by atoms with Crippen molar-refractivity contribution in [2.75, 3.05) is 12.3 Å². The molecule has 0 aromatic heterocycles. The predicted molar refractivity (Wildman–Crippen MR) is 92.0 cm³/mol. The summed E-state index contributed by atoms with van der Waals surface area (Å²) in [7, 11) is -6.27. The van der Waals surface area contributed by atoms with Crippen LogP contribution in [0.1, 0.15) is 13.8 Å². The van der Waals surface area contributed by atoms with Crippen molar-refractivity contribution >= 4 is 25.3 Å². The van der Waals surface area contributed by atoms with Crippen molar-refractivity contribution in [1.82, 2.24) is 0 Å². The fraction of sp³-hybridized carbons (Fsp3) is 0.294. The lowest BCUT2D eigenvalue weighted by Crippen LogP contribution is -2.33. The van der Waals surface area contributed by atoms with Crippen molar-refractivity contribution in [2.24, 2.45) is 5.41 Å². The molecule has 0 bridgehead atoms. The first-order chi connectivity index (χ1) is 10.3. The maximum atomic E-state index is 13.4. The van der Waals surface area contributed by atoms with Crippen LogP contribution in [-0.2, 0) is 13.4 Å². The quantitative estimate of drug-likeness (QED) is 0.771. The topological polar surface area (TPSA) is 43.4 Å². The normalized spacial score (nSPS) is 30.8. The van der Waals surface area contributed by atoms with Gasteiger partial charge in [0.15, 0.2) is 0 Å². The Morgan fingerprint density at radius 1 is 0.773 bits per heavy atom. The van der Waals surface area contributed by atoms with E-state index in [1.165, 1.54) is 0 Å². The maximum absolute atomic E-state index is 13.4. The fourth-order valence-corrected chi connectivity index (χ4v) is 10.2. The van der Waals surface area contributed by atoms with Crippen LogP contribution in [0.15, 0.2) is 60.7 Å². The highest BCUT2D eigenvalue weighted by atomic mass is 31.2. The zero-order valence-electron chi connectivity index (χ0n) is 12.8. The van der Waals surface area contributed by atoms with Crippen LogP contribution in [-0.4, -0.2) is 12.3 Å². The number of hydrogen-bond donors (Lipinski definition) is 0. The van der Waals surface area contributed by atoms with E-state index >= 15 is 0 Å². The third-order valence-corrected chi connectivity index (χ3v) is 10.7. The molecule has 0 N–H and O–H groups in total. The molecule has 2 atom stereocenters. The lowest BCUT2D eigenvalue weighted by Gasteiger charge is -2.40. The molecule has 22 heavy (non-hydrogen) atoms. The smallest absolute Gasteiger partial charge is 0.238 e. The molecule has 0 radical (unpaired) electrons. The highest BCUT2D eigenvalue weighted by Gasteiger charge is 2.49. The van der Waals surface area contributed by atoms with Crippen LogP contribution in [0.4, 0.5) is 0 Å². The fourth-order valence-electron chi connectivity index (χ4n) is 3.03. The standard InChI is InChI=1S/C17H20O3P2/c1-17(2)13-21(18,15-9-5-3-6-10-15)20-22(19,14-17)16-11-7-4-8-12-16/h3-12H,13-14H2,1-2H3.